The average Bonchev–Trinajstić information content (AvgIpc) is 3.15. The van der Waals surface area contributed by atoms with E-state index in [1.807, 2.05) is 50.2 Å². The zero-order chi connectivity index (χ0) is 18.7. The minimum absolute atomic E-state index is 0.221. The van der Waals surface area contributed by atoms with Gasteiger partial charge in [0.25, 0.3) is 5.91 Å². The van der Waals surface area contributed by atoms with Gasteiger partial charge in [0, 0.05) is 16.6 Å². The standard InChI is InChI=1S/C20H20N2O3S/c1-12-6-5-7-15(13(12)2)21-19(23)16-11-26-20(22-16)14-8-9-17(24-3)18(10-14)25-4/h5-11H,1-4H3,(H,21,23). The molecule has 0 radical (unpaired) electrons. The van der Waals surface area contributed by atoms with Crippen LogP contribution in [0.2, 0.25) is 0 Å². The lowest BCUT2D eigenvalue weighted by molar-refractivity contribution is 0.102. The van der Waals surface area contributed by atoms with E-state index in [1.54, 1.807) is 19.6 Å². The van der Waals surface area contributed by atoms with Crippen LogP contribution in [0.3, 0.4) is 0 Å². The Kier molecular flexibility index (Phi) is 5.23. The van der Waals surface area contributed by atoms with Gasteiger partial charge in [-0.05, 0) is 49.2 Å². The molecule has 3 rings (SSSR count). The average molecular weight is 368 g/mol. The van der Waals surface area contributed by atoms with Crippen LogP contribution in [0, 0.1) is 13.8 Å². The molecular weight excluding hydrogens is 348 g/mol. The van der Waals surface area contributed by atoms with E-state index in [2.05, 4.69) is 10.3 Å². The summed E-state index contributed by atoms with van der Waals surface area (Å²) in [5.74, 6) is 1.06. The number of aryl methyl sites for hydroxylation is 1. The monoisotopic (exact) mass is 368 g/mol. The molecule has 0 aliphatic heterocycles. The van der Waals surface area contributed by atoms with E-state index in [0.717, 1.165) is 27.4 Å². The van der Waals surface area contributed by atoms with Crippen LogP contribution < -0.4 is 14.8 Å². The summed E-state index contributed by atoms with van der Waals surface area (Å²) in [4.78, 5) is 17.0. The third-order valence-corrected chi connectivity index (χ3v) is 5.11. The maximum atomic E-state index is 12.5. The van der Waals surface area contributed by atoms with E-state index < -0.39 is 0 Å². The van der Waals surface area contributed by atoms with Gasteiger partial charge in [0.2, 0.25) is 0 Å². The Morgan fingerprint density at radius 1 is 1.08 bits per heavy atom. The number of rotatable bonds is 5. The lowest BCUT2D eigenvalue weighted by atomic mass is 10.1. The summed E-state index contributed by atoms with van der Waals surface area (Å²) >= 11 is 1.41. The fraction of sp³-hybridized carbons (Fsp3) is 0.200. The molecule has 1 heterocycles. The van der Waals surface area contributed by atoms with Crippen molar-refractivity contribution in [3.8, 4) is 22.1 Å². The normalized spacial score (nSPS) is 10.5. The van der Waals surface area contributed by atoms with Gasteiger partial charge in [0.1, 0.15) is 10.7 Å². The summed E-state index contributed by atoms with van der Waals surface area (Å²) in [5.41, 5.74) is 4.25. The summed E-state index contributed by atoms with van der Waals surface area (Å²) < 4.78 is 10.6. The predicted octanol–water partition coefficient (Wildman–Crippen LogP) is 4.70. The van der Waals surface area contributed by atoms with Crippen LogP contribution >= 0.6 is 11.3 Å². The number of carbonyl (C=O) groups excluding carboxylic acids is 1. The number of hydrogen-bond donors (Lipinski definition) is 1. The van der Waals surface area contributed by atoms with Crippen LogP contribution in [0.5, 0.6) is 11.5 Å². The van der Waals surface area contributed by atoms with E-state index in [0.29, 0.717) is 17.2 Å². The molecule has 2 aromatic carbocycles. The van der Waals surface area contributed by atoms with Crippen LogP contribution in [-0.4, -0.2) is 25.1 Å². The molecule has 1 N–H and O–H groups in total. The van der Waals surface area contributed by atoms with Gasteiger partial charge in [-0.3, -0.25) is 4.79 Å². The lowest BCUT2D eigenvalue weighted by Gasteiger charge is -2.09. The first-order chi connectivity index (χ1) is 12.5. The third kappa shape index (κ3) is 3.55. The highest BCUT2D eigenvalue weighted by Crippen LogP contribution is 2.33. The van der Waals surface area contributed by atoms with Gasteiger partial charge in [-0.15, -0.1) is 11.3 Å². The number of amides is 1. The Bertz CT molecular complexity index is 950. The molecule has 0 bridgehead atoms. The molecule has 5 nitrogen and oxygen atoms in total. The van der Waals surface area contributed by atoms with Gasteiger partial charge in [-0.1, -0.05) is 12.1 Å². The Morgan fingerprint density at radius 3 is 2.58 bits per heavy atom. The van der Waals surface area contributed by atoms with Crippen molar-refractivity contribution in [3.63, 3.8) is 0 Å². The number of aromatic nitrogens is 1. The molecule has 0 spiro atoms. The molecule has 3 aromatic rings. The molecule has 0 saturated carbocycles. The van der Waals surface area contributed by atoms with Crippen LogP contribution in [0.1, 0.15) is 21.6 Å². The SMILES string of the molecule is COc1ccc(-c2nc(C(=O)Nc3cccc(C)c3C)cs2)cc1OC. The molecule has 26 heavy (non-hydrogen) atoms. The molecule has 0 aliphatic rings. The van der Waals surface area contributed by atoms with Crippen molar-refractivity contribution in [2.24, 2.45) is 0 Å². The second kappa shape index (κ2) is 7.58. The largest absolute Gasteiger partial charge is 0.493 e. The molecule has 6 heteroatoms. The Morgan fingerprint density at radius 2 is 1.85 bits per heavy atom. The van der Waals surface area contributed by atoms with Crippen molar-refractivity contribution < 1.29 is 14.3 Å². The van der Waals surface area contributed by atoms with Crippen molar-refractivity contribution in [1.82, 2.24) is 4.98 Å². The first kappa shape index (κ1) is 17.9. The Balaban J connectivity index is 1.83. The highest BCUT2D eigenvalue weighted by molar-refractivity contribution is 7.13. The van der Waals surface area contributed by atoms with Crippen molar-refractivity contribution in [1.29, 1.82) is 0 Å². The summed E-state index contributed by atoms with van der Waals surface area (Å²) in [7, 11) is 3.18. The first-order valence-corrected chi connectivity index (χ1v) is 8.97. The summed E-state index contributed by atoms with van der Waals surface area (Å²) in [6.45, 7) is 4.00. The Labute approximate surface area is 156 Å². The number of nitrogens with zero attached hydrogens (tertiary/aromatic N) is 1. The van der Waals surface area contributed by atoms with Crippen molar-refractivity contribution in [2.75, 3.05) is 19.5 Å². The molecule has 0 unspecified atom stereocenters. The van der Waals surface area contributed by atoms with Gasteiger partial charge < -0.3 is 14.8 Å². The maximum absolute atomic E-state index is 12.5. The van der Waals surface area contributed by atoms with Gasteiger partial charge in [-0.2, -0.15) is 0 Å². The second-order valence-corrected chi connectivity index (χ2v) is 6.67. The second-order valence-electron chi connectivity index (χ2n) is 5.81. The number of hydrogen-bond acceptors (Lipinski definition) is 5. The maximum Gasteiger partial charge on any atom is 0.275 e. The number of anilines is 1. The van der Waals surface area contributed by atoms with Gasteiger partial charge in [0.15, 0.2) is 11.5 Å². The van der Waals surface area contributed by atoms with E-state index in [1.165, 1.54) is 11.3 Å². The first-order valence-electron chi connectivity index (χ1n) is 8.09. The fourth-order valence-corrected chi connectivity index (χ4v) is 3.35. The van der Waals surface area contributed by atoms with Gasteiger partial charge >= 0.3 is 0 Å². The highest BCUT2D eigenvalue weighted by Gasteiger charge is 2.15. The lowest BCUT2D eigenvalue weighted by Crippen LogP contribution is -2.13. The smallest absolute Gasteiger partial charge is 0.275 e. The molecule has 0 saturated heterocycles. The Hall–Kier alpha value is -2.86. The van der Waals surface area contributed by atoms with E-state index >= 15 is 0 Å². The van der Waals surface area contributed by atoms with Crippen LogP contribution in [0.15, 0.2) is 41.8 Å². The molecule has 1 amide bonds. The number of nitrogens with one attached hydrogen (secondary N) is 1. The molecular formula is C20H20N2O3S. The molecule has 1 aromatic heterocycles. The summed E-state index contributed by atoms with van der Waals surface area (Å²) in [6, 6.07) is 11.4. The van der Waals surface area contributed by atoms with Gasteiger partial charge in [-0.25, -0.2) is 4.98 Å². The number of carbonyl (C=O) groups is 1. The number of benzene rings is 2. The highest BCUT2D eigenvalue weighted by atomic mass is 32.1. The van der Waals surface area contributed by atoms with Crippen molar-refractivity contribution >= 4 is 22.9 Å². The van der Waals surface area contributed by atoms with Crippen molar-refractivity contribution in [2.45, 2.75) is 13.8 Å². The van der Waals surface area contributed by atoms with E-state index in [4.69, 9.17) is 9.47 Å². The molecule has 0 aliphatic carbocycles. The van der Waals surface area contributed by atoms with Crippen LogP contribution in [0.4, 0.5) is 5.69 Å². The third-order valence-electron chi connectivity index (χ3n) is 4.22. The molecule has 0 fully saturated rings. The number of methoxy groups -OCH3 is 2. The number of thiazole rings is 1. The fourth-order valence-electron chi connectivity index (χ4n) is 2.55. The van der Waals surface area contributed by atoms with Crippen LogP contribution in [0.25, 0.3) is 10.6 Å². The van der Waals surface area contributed by atoms with E-state index in [9.17, 15) is 4.79 Å². The number of ether oxygens (including phenoxy) is 2. The molecule has 0 atom stereocenters. The topological polar surface area (TPSA) is 60.5 Å². The molecule has 134 valence electrons. The van der Waals surface area contributed by atoms with Gasteiger partial charge in [0.05, 0.1) is 14.2 Å². The van der Waals surface area contributed by atoms with Crippen molar-refractivity contribution in [3.05, 3.63) is 58.6 Å². The minimum Gasteiger partial charge on any atom is -0.493 e. The quantitative estimate of drug-likeness (QED) is 0.709. The zero-order valence-corrected chi connectivity index (χ0v) is 15.9. The van der Waals surface area contributed by atoms with E-state index in [-0.39, 0.29) is 5.91 Å². The van der Waals surface area contributed by atoms with Crippen LogP contribution in [-0.2, 0) is 0 Å². The summed E-state index contributed by atoms with van der Waals surface area (Å²) in [6.07, 6.45) is 0. The predicted molar refractivity (Wildman–Crippen MR) is 105 cm³/mol. The zero-order valence-electron chi connectivity index (χ0n) is 15.1. The summed E-state index contributed by atoms with van der Waals surface area (Å²) in [5, 5.41) is 5.44. The minimum atomic E-state index is -0.221.